The summed E-state index contributed by atoms with van der Waals surface area (Å²) in [4.78, 5) is 14.5. The van der Waals surface area contributed by atoms with Crippen LogP contribution in [0.1, 0.15) is 6.42 Å². The number of nitrogens with zero attached hydrogens (tertiary/aromatic N) is 3. The van der Waals surface area contributed by atoms with Crippen molar-refractivity contribution in [2.45, 2.75) is 6.42 Å². The number of hydrogen-bond acceptors (Lipinski definition) is 3. The fraction of sp³-hybridized carbons (Fsp3) is 0.750. The lowest BCUT2D eigenvalue weighted by Gasteiger charge is -2.18. The zero-order valence-electron chi connectivity index (χ0n) is 7.57. The van der Waals surface area contributed by atoms with Crippen molar-refractivity contribution in [2.24, 2.45) is 5.73 Å². The Hall–Kier alpha value is -1.28. The molecule has 1 aliphatic rings. The highest BCUT2D eigenvalue weighted by Crippen LogP contribution is 2.01. The third-order valence-electron chi connectivity index (χ3n) is 2.19. The fourth-order valence-corrected chi connectivity index (χ4v) is 1.45. The van der Waals surface area contributed by atoms with Crippen LogP contribution in [0.25, 0.3) is 0 Å². The Morgan fingerprint density at radius 1 is 1.38 bits per heavy atom. The molecule has 0 aromatic heterocycles. The first kappa shape index (κ1) is 9.81. The number of nitrogens with two attached hydrogens (primary N) is 1. The van der Waals surface area contributed by atoms with Crippen molar-refractivity contribution in [1.82, 2.24) is 9.80 Å². The second-order valence-corrected chi connectivity index (χ2v) is 3.11. The van der Waals surface area contributed by atoms with E-state index in [1.54, 1.807) is 4.90 Å². The molecule has 13 heavy (non-hydrogen) atoms. The minimum absolute atomic E-state index is 0.362. The Morgan fingerprint density at radius 3 is 2.77 bits per heavy atom. The van der Waals surface area contributed by atoms with Crippen molar-refractivity contribution < 1.29 is 4.79 Å². The van der Waals surface area contributed by atoms with E-state index in [-0.39, 0.29) is 6.03 Å². The average Bonchev–Trinajstić information content (AvgIpc) is 2.30. The topological polar surface area (TPSA) is 73.4 Å². The van der Waals surface area contributed by atoms with Gasteiger partial charge in [0, 0.05) is 26.2 Å². The van der Waals surface area contributed by atoms with Crippen LogP contribution in [-0.2, 0) is 0 Å². The van der Waals surface area contributed by atoms with Crippen LogP contribution in [-0.4, -0.2) is 48.6 Å². The molecule has 0 bridgehead atoms. The third-order valence-corrected chi connectivity index (χ3v) is 2.19. The van der Waals surface area contributed by atoms with Crippen molar-refractivity contribution >= 4 is 6.03 Å². The molecule has 1 heterocycles. The van der Waals surface area contributed by atoms with Gasteiger partial charge in [0.05, 0.1) is 12.6 Å². The number of hydrogen-bond donors (Lipinski definition) is 1. The van der Waals surface area contributed by atoms with Crippen LogP contribution in [0.3, 0.4) is 0 Å². The van der Waals surface area contributed by atoms with Gasteiger partial charge in [-0.05, 0) is 6.42 Å². The Balaban J connectivity index is 2.40. The average molecular weight is 182 g/mol. The van der Waals surface area contributed by atoms with Crippen LogP contribution in [0.5, 0.6) is 0 Å². The molecule has 0 aromatic carbocycles. The van der Waals surface area contributed by atoms with Gasteiger partial charge >= 0.3 is 6.03 Å². The monoisotopic (exact) mass is 182 g/mol. The minimum atomic E-state index is -0.362. The molecule has 0 aliphatic carbocycles. The van der Waals surface area contributed by atoms with Gasteiger partial charge in [-0.3, -0.25) is 4.90 Å². The molecule has 0 radical (unpaired) electrons. The van der Waals surface area contributed by atoms with Gasteiger partial charge < -0.3 is 10.6 Å². The summed E-state index contributed by atoms with van der Waals surface area (Å²) in [6.07, 6.45) is 0.893. The summed E-state index contributed by atoms with van der Waals surface area (Å²) in [7, 11) is 0. The maximum Gasteiger partial charge on any atom is 0.314 e. The highest BCUT2D eigenvalue weighted by Gasteiger charge is 2.16. The van der Waals surface area contributed by atoms with Crippen LogP contribution >= 0.6 is 0 Å². The van der Waals surface area contributed by atoms with E-state index in [9.17, 15) is 4.79 Å². The molecular weight excluding hydrogens is 168 g/mol. The zero-order chi connectivity index (χ0) is 9.68. The van der Waals surface area contributed by atoms with Gasteiger partial charge in [-0.25, -0.2) is 4.79 Å². The molecule has 5 nitrogen and oxygen atoms in total. The van der Waals surface area contributed by atoms with Crippen molar-refractivity contribution in [1.29, 1.82) is 5.26 Å². The largest absolute Gasteiger partial charge is 0.351 e. The van der Waals surface area contributed by atoms with E-state index < -0.39 is 0 Å². The number of amides is 2. The maximum atomic E-state index is 10.8. The molecule has 2 N–H and O–H groups in total. The summed E-state index contributed by atoms with van der Waals surface area (Å²) >= 11 is 0. The molecule has 1 rings (SSSR count). The van der Waals surface area contributed by atoms with Gasteiger partial charge in [-0.1, -0.05) is 0 Å². The van der Waals surface area contributed by atoms with Crippen LogP contribution in [0.4, 0.5) is 4.79 Å². The number of carbonyl (C=O) groups excluding carboxylic acids is 1. The van der Waals surface area contributed by atoms with Crippen LogP contribution in [0.15, 0.2) is 0 Å². The second kappa shape index (κ2) is 4.67. The predicted molar refractivity (Wildman–Crippen MR) is 47.8 cm³/mol. The van der Waals surface area contributed by atoms with E-state index in [1.807, 2.05) is 4.90 Å². The standard InChI is InChI=1S/C8H14N4O/c9-2-5-11-3-1-4-12(7-6-11)8(10)13/h1,3-7H2,(H2,10,13). The van der Waals surface area contributed by atoms with Gasteiger partial charge in [-0.2, -0.15) is 5.26 Å². The fourth-order valence-electron chi connectivity index (χ4n) is 1.45. The van der Waals surface area contributed by atoms with Gasteiger partial charge in [0.15, 0.2) is 0 Å². The summed E-state index contributed by atoms with van der Waals surface area (Å²) in [5.74, 6) is 0. The number of urea groups is 1. The molecule has 0 spiro atoms. The number of rotatable bonds is 1. The Bertz CT molecular complexity index is 223. The van der Waals surface area contributed by atoms with Crippen molar-refractivity contribution in [3.8, 4) is 6.07 Å². The first-order valence-electron chi connectivity index (χ1n) is 4.37. The summed E-state index contributed by atoms with van der Waals surface area (Å²) in [5, 5.41) is 8.49. The highest BCUT2D eigenvalue weighted by molar-refractivity contribution is 5.71. The molecular formula is C8H14N4O. The number of carbonyl (C=O) groups is 1. The first-order chi connectivity index (χ1) is 6.24. The molecule has 1 fully saturated rings. The summed E-state index contributed by atoms with van der Waals surface area (Å²) in [5.41, 5.74) is 5.16. The van der Waals surface area contributed by atoms with Crippen LogP contribution < -0.4 is 5.73 Å². The second-order valence-electron chi connectivity index (χ2n) is 3.11. The zero-order valence-corrected chi connectivity index (χ0v) is 7.57. The molecule has 5 heteroatoms. The summed E-state index contributed by atoms with van der Waals surface area (Å²) < 4.78 is 0. The van der Waals surface area contributed by atoms with Gasteiger partial charge in [0.2, 0.25) is 0 Å². The Labute approximate surface area is 77.7 Å². The van der Waals surface area contributed by atoms with E-state index in [4.69, 9.17) is 11.0 Å². The molecule has 1 saturated heterocycles. The van der Waals surface area contributed by atoms with E-state index in [1.165, 1.54) is 0 Å². The van der Waals surface area contributed by atoms with E-state index >= 15 is 0 Å². The lowest BCUT2D eigenvalue weighted by Crippen LogP contribution is -2.38. The highest BCUT2D eigenvalue weighted by atomic mass is 16.2. The van der Waals surface area contributed by atoms with E-state index in [2.05, 4.69) is 6.07 Å². The molecule has 0 saturated carbocycles. The molecule has 2 amide bonds. The first-order valence-corrected chi connectivity index (χ1v) is 4.37. The van der Waals surface area contributed by atoms with Gasteiger partial charge in [0.25, 0.3) is 0 Å². The van der Waals surface area contributed by atoms with Crippen molar-refractivity contribution in [3.63, 3.8) is 0 Å². The lowest BCUT2D eigenvalue weighted by molar-refractivity contribution is 0.208. The van der Waals surface area contributed by atoms with E-state index in [0.717, 1.165) is 19.5 Å². The molecule has 72 valence electrons. The molecule has 0 atom stereocenters. The van der Waals surface area contributed by atoms with E-state index in [0.29, 0.717) is 19.6 Å². The number of nitriles is 1. The van der Waals surface area contributed by atoms with Crippen molar-refractivity contribution in [2.75, 3.05) is 32.7 Å². The normalized spacial score (nSPS) is 19.2. The third kappa shape index (κ3) is 2.92. The van der Waals surface area contributed by atoms with Crippen LogP contribution in [0, 0.1) is 11.3 Å². The molecule has 1 aliphatic heterocycles. The summed E-state index contributed by atoms with van der Waals surface area (Å²) in [6.45, 7) is 3.40. The Morgan fingerprint density at radius 2 is 2.15 bits per heavy atom. The maximum absolute atomic E-state index is 10.8. The Kier molecular flexibility index (Phi) is 3.53. The summed E-state index contributed by atoms with van der Waals surface area (Å²) in [6, 6.07) is 1.74. The smallest absolute Gasteiger partial charge is 0.314 e. The van der Waals surface area contributed by atoms with Gasteiger partial charge in [-0.15, -0.1) is 0 Å². The minimum Gasteiger partial charge on any atom is -0.351 e. The molecule has 0 unspecified atom stereocenters. The van der Waals surface area contributed by atoms with Crippen LogP contribution in [0.2, 0.25) is 0 Å². The quantitative estimate of drug-likeness (QED) is 0.560. The van der Waals surface area contributed by atoms with Crippen molar-refractivity contribution in [3.05, 3.63) is 0 Å². The number of primary amides is 1. The SMILES string of the molecule is N#CCN1CCCN(C(N)=O)CC1. The lowest BCUT2D eigenvalue weighted by atomic mass is 10.4. The molecule has 0 aromatic rings. The predicted octanol–water partition coefficient (Wildman–Crippen LogP) is -0.404. The van der Waals surface area contributed by atoms with Gasteiger partial charge in [0.1, 0.15) is 0 Å².